The topological polar surface area (TPSA) is 52.9 Å². The lowest BCUT2D eigenvalue weighted by atomic mass is 10.2. The Morgan fingerprint density at radius 2 is 2.53 bits per heavy atom. The van der Waals surface area contributed by atoms with Crippen molar-refractivity contribution in [2.75, 3.05) is 6.54 Å². The van der Waals surface area contributed by atoms with E-state index >= 15 is 0 Å². The fourth-order valence-electron chi connectivity index (χ4n) is 1.44. The minimum Gasteiger partial charge on any atom is -0.391 e. The average Bonchev–Trinajstić information content (AvgIpc) is 2.75. The highest BCUT2D eigenvalue weighted by molar-refractivity contribution is 7.12. The van der Waals surface area contributed by atoms with Crippen LogP contribution >= 0.6 is 11.3 Å². The molecule has 0 saturated heterocycles. The van der Waals surface area contributed by atoms with Crippen LogP contribution < -0.4 is 0 Å². The van der Waals surface area contributed by atoms with Crippen molar-refractivity contribution in [3.05, 3.63) is 22.4 Å². The zero-order chi connectivity index (χ0) is 10.8. The summed E-state index contributed by atoms with van der Waals surface area (Å²) in [6.07, 6.45) is -0.201. The van der Waals surface area contributed by atoms with Crippen molar-refractivity contribution in [3.8, 4) is 0 Å². The number of amides is 1. The van der Waals surface area contributed by atoms with Gasteiger partial charge in [-0.15, -0.1) is 11.3 Å². The van der Waals surface area contributed by atoms with Gasteiger partial charge in [-0.3, -0.25) is 4.79 Å². The molecule has 1 aliphatic rings. The van der Waals surface area contributed by atoms with Gasteiger partial charge in [0.05, 0.1) is 29.7 Å². The van der Waals surface area contributed by atoms with E-state index < -0.39 is 6.10 Å². The predicted molar refractivity (Wildman–Crippen MR) is 58.9 cm³/mol. The molecular weight excluding hydrogens is 212 g/mol. The van der Waals surface area contributed by atoms with E-state index in [1.807, 2.05) is 17.5 Å². The molecule has 1 aromatic heterocycles. The molecule has 0 fully saturated rings. The smallest absolute Gasteiger partial charge is 0.248 e. The van der Waals surface area contributed by atoms with Crippen LogP contribution in [-0.2, 0) is 4.79 Å². The van der Waals surface area contributed by atoms with E-state index in [9.17, 15) is 9.90 Å². The van der Waals surface area contributed by atoms with Gasteiger partial charge in [-0.2, -0.15) is 5.10 Å². The van der Waals surface area contributed by atoms with Gasteiger partial charge in [0.1, 0.15) is 0 Å². The van der Waals surface area contributed by atoms with Crippen LogP contribution in [0.1, 0.15) is 18.2 Å². The van der Waals surface area contributed by atoms with Gasteiger partial charge in [-0.05, 0) is 18.4 Å². The van der Waals surface area contributed by atoms with Gasteiger partial charge >= 0.3 is 0 Å². The SMILES string of the molecule is CC(O)CN1N=C(c2cccs2)CC1=O. The van der Waals surface area contributed by atoms with E-state index in [-0.39, 0.29) is 12.5 Å². The van der Waals surface area contributed by atoms with Gasteiger partial charge in [-0.25, -0.2) is 5.01 Å². The van der Waals surface area contributed by atoms with Crippen molar-refractivity contribution in [2.24, 2.45) is 5.10 Å². The Hall–Kier alpha value is -1.20. The fourth-order valence-corrected chi connectivity index (χ4v) is 2.15. The second kappa shape index (κ2) is 4.12. The molecule has 0 spiro atoms. The lowest BCUT2D eigenvalue weighted by molar-refractivity contribution is -0.129. The third-order valence-electron chi connectivity index (χ3n) is 2.09. The van der Waals surface area contributed by atoms with E-state index in [1.165, 1.54) is 5.01 Å². The average molecular weight is 224 g/mol. The number of carbonyl (C=O) groups excluding carboxylic acids is 1. The lowest BCUT2D eigenvalue weighted by Crippen LogP contribution is -2.28. The summed E-state index contributed by atoms with van der Waals surface area (Å²) in [5, 5.41) is 16.7. The monoisotopic (exact) mass is 224 g/mol. The predicted octanol–water partition coefficient (Wildman–Crippen LogP) is 1.07. The summed E-state index contributed by atoms with van der Waals surface area (Å²) in [5.41, 5.74) is 0.802. The molecule has 5 heteroatoms. The van der Waals surface area contributed by atoms with Gasteiger partial charge in [0.2, 0.25) is 5.91 Å². The second-order valence-corrected chi connectivity index (χ2v) is 4.47. The maximum absolute atomic E-state index is 11.5. The molecule has 4 nitrogen and oxygen atoms in total. The molecule has 0 aromatic carbocycles. The molecule has 15 heavy (non-hydrogen) atoms. The van der Waals surface area contributed by atoms with Crippen molar-refractivity contribution in [2.45, 2.75) is 19.4 Å². The number of hydrogen-bond donors (Lipinski definition) is 1. The van der Waals surface area contributed by atoms with Gasteiger partial charge in [-0.1, -0.05) is 6.07 Å². The highest BCUT2D eigenvalue weighted by atomic mass is 32.1. The Labute approximate surface area is 91.8 Å². The quantitative estimate of drug-likeness (QED) is 0.834. The van der Waals surface area contributed by atoms with Crippen LogP contribution in [0.4, 0.5) is 0 Å². The van der Waals surface area contributed by atoms with Crippen LogP contribution in [0.15, 0.2) is 22.6 Å². The second-order valence-electron chi connectivity index (χ2n) is 3.53. The van der Waals surface area contributed by atoms with Gasteiger partial charge in [0.15, 0.2) is 0 Å². The summed E-state index contributed by atoms with van der Waals surface area (Å²) in [4.78, 5) is 12.5. The highest BCUT2D eigenvalue weighted by Gasteiger charge is 2.25. The number of aliphatic hydroxyl groups excluding tert-OH is 1. The molecule has 1 unspecified atom stereocenters. The summed E-state index contributed by atoms with van der Waals surface area (Å²) in [6.45, 7) is 1.92. The van der Waals surface area contributed by atoms with E-state index in [2.05, 4.69) is 5.10 Å². The van der Waals surface area contributed by atoms with Crippen LogP contribution in [0, 0.1) is 0 Å². The van der Waals surface area contributed by atoms with Crippen LogP contribution in [0.3, 0.4) is 0 Å². The van der Waals surface area contributed by atoms with Crippen molar-refractivity contribution < 1.29 is 9.90 Å². The van der Waals surface area contributed by atoms with Crippen LogP contribution in [-0.4, -0.2) is 34.4 Å². The van der Waals surface area contributed by atoms with E-state index in [4.69, 9.17) is 0 Å². The summed E-state index contributed by atoms with van der Waals surface area (Å²) in [5.74, 6) is -0.0423. The van der Waals surface area contributed by atoms with Crippen LogP contribution in [0.2, 0.25) is 0 Å². The number of rotatable bonds is 3. The molecule has 1 aliphatic heterocycles. The normalized spacial score (nSPS) is 18.1. The minimum absolute atomic E-state index is 0.0423. The van der Waals surface area contributed by atoms with Gasteiger partial charge < -0.3 is 5.11 Å². The van der Waals surface area contributed by atoms with Crippen molar-refractivity contribution >= 4 is 23.0 Å². The Morgan fingerprint density at radius 3 is 3.13 bits per heavy atom. The highest BCUT2D eigenvalue weighted by Crippen LogP contribution is 2.18. The number of hydrazone groups is 1. The van der Waals surface area contributed by atoms with Crippen LogP contribution in [0.25, 0.3) is 0 Å². The first-order valence-electron chi connectivity index (χ1n) is 4.76. The fraction of sp³-hybridized carbons (Fsp3) is 0.400. The molecule has 0 saturated carbocycles. The molecule has 1 aromatic rings. The summed E-state index contributed by atoms with van der Waals surface area (Å²) >= 11 is 1.57. The molecule has 1 N–H and O–H groups in total. The first kappa shape index (κ1) is 10.3. The molecule has 1 atom stereocenters. The molecule has 1 amide bonds. The Morgan fingerprint density at radius 1 is 1.73 bits per heavy atom. The maximum atomic E-state index is 11.5. The molecule has 2 rings (SSSR count). The summed E-state index contributed by atoms with van der Waals surface area (Å²) in [7, 11) is 0. The molecular formula is C10H12N2O2S. The summed E-state index contributed by atoms with van der Waals surface area (Å²) in [6, 6.07) is 3.88. The maximum Gasteiger partial charge on any atom is 0.248 e. The van der Waals surface area contributed by atoms with E-state index in [0.717, 1.165) is 10.6 Å². The lowest BCUT2D eigenvalue weighted by Gasteiger charge is -2.12. The third kappa shape index (κ3) is 2.24. The number of thiophene rings is 1. The molecule has 0 radical (unpaired) electrons. The van der Waals surface area contributed by atoms with E-state index in [0.29, 0.717) is 6.42 Å². The first-order valence-corrected chi connectivity index (χ1v) is 5.64. The third-order valence-corrected chi connectivity index (χ3v) is 3.01. The molecule has 0 bridgehead atoms. The number of nitrogens with zero attached hydrogens (tertiary/aromatic N) is 2. The van der Waals surface area contributed by atoms with Crippen molar-refractivity contribution in [1.82, 2.24) is 5.01 Å². The molecule has 0 aliphatic carbocycles. The van der Waals surface area contributed by atoms with Crippen LogP contribution in [0.5, 0.6) is 0 Å². The molecule has 2 heterocycles. The van der Waals surface area contributed by atoms with Crippen molar-refractivity contribution in [1.29, 1.82) is 0 Å². The Balaban J connectivity index is 2.13. The van der Waals surface area contributed by atoms with Crippen molar-refractivity contribution in [3.63, 3.8) is 0 Å². The molecule has 80 valence electrons. The number of aliphatic hydroxyl groups is 1. The first-order chi connectivity index (χ1) is 7.16. The summed E-state index contributed by atoms with van der Waals surface area (Å²) < 4.78 is 0. The zero-order valence-electron chi connectivity index (χ0n) is 8.38. The zero-order valence-corrected chi connectivity index (χ0v) is 9.20. The van der Waals surface area contributed by atoms with E-state index in [1.54, 1.807) is 18.3 Å². The number of carbonyl (C=O) groups is 1. The number of hydrogen-bond acceptors (Lipinski definition) is 4. The Bertz CT molecular complexity index is 384. The largest absolute Gasteiger partial charge is 0.391 e. The van der Waals surface area contributed by atoms with Gasteiger partial charge in [0.25, 0.3) is 0 Å². The Kier molecular flexibility index (Phi) is 2.83. The van der Waals surface area contributed by atoms with Gasteiger partial charge in [0, 0.05) is 0 Å². The minimum atomic E-state index is -0.541. The standard InChI is InChI=1S/C10H12N2O2S/c1-7(13)6-12-10(14)5-8(11-12)9-3-2-4-15-9/h2-4,7,13H,5-6H2,1H3. The number of β-amino-alcohol motifs (C(OH)–C–C–N with tert-alkyl or cyclic N) is 1.